The molecule has 2 aromatic rings. The van der Waals surface area contributed by atoms with Gasteiger partial charge in [-0.3, -0.25) is 9.59 Å². The van der Waals surface area contributed by atoms with Gasteiger partial charge in [-0.2, -0.15) is 5.10 Å². The number of benzene rings is 1. The van der Waals surface area contributed by atoms with Crippen LogP contribution in [0.3, 0.4) is 0 Å². The minimum Gasteiger partial charge on any atom is -0.444 e. The Kier molecular flexibility index (Phi) is 7.62. The summed E-state index contributed by atoms with van der Waals surface area (Å²) < 4.78 is 6.86. The van der Waals surface area contributed by atoms with Gasteiger partial charge < -0.3 is 10.5 Å². The van der Waals surface area contributed by atoms with Crippen LogP contribution in [0.2, 0.25) is 5.02 Å². The number of halogens is 1. The summed E-state index contributed by atoms with van der Waals surface area (Å²) in [6, 6.07) is 11.0. The van der Waals surface area contributed by atoms with Crippen LogP contribution in [0.5, 0.6) is 0 Å². The molecule has 1 aliphatic rings. The van der Waals surface area contributed by atoms with E-state index in [1.807, 2.05) is 32.0 Å². The molecule has 0 spiro atoms. The van der Waals surface area contributed by atoms with Crippen molar-refractivity contribution in [3.8, 4) is 0 Å². The quantitative estimate of drug-likeness (QED) is 0.596. The molecule has 2 N–H and O–H groups in total. The van der Waals surface area contributed by atoms with E-state index in [9.17, 15) is 14.4 Å². The van der Waals surface area contributed by atoms with Crippen molar-refractivity contribution in [1.29, 1.82) is 0 Å². The van der Waals surface area contributed by atoms with Crippen LogP contribution in [0.15, 0.2) is 41.2 Å². The van der Waals surface area contributed by atoms with Crippen molar-refractivity contribution >= 4 is 23.5 Å². The van der Waals surface area contributed by atoms with E-state index in [4.69, 9.17) is 22.1 Å². The largest absolute Gasteiger partial charge is 0.444 e. The number of carbonyl (C=O) groups is 2. The second kappa shape index (κ2) is 10.1. The highest BCUT2D eigenvalue weighted by atomic mass is 35.5. The van der Waals surface area contributed by atoms with E-state index in [2.05, 4.69) is 11.2 Å². The average Bonchev–Trinajstić information content (AvgIpc) is 2.73. The Labute approximate surface area is 199 Å². The maximum atomic E-state index is 12.5. The molecule has 0 bridgehead atoms. The Morgan fingerprint density at radius 3 is 2.55 bits per heavy atom. The molecule has 8 heteroatoms. The van der Waals surface area contributed by atoms with Crippen LogP contribution < -0.4 is 11.3 Å². The molecule has 0 unspecified atom stereocenters. The fourth-order valence-electron chi connectivity index (χ4n) is 4.84. The molecule has 1 aliphatic carbocycles. The second-order valence-corrected chi connectivity index (χ2v) is 10.1. The van der Waals surface area contributed by atoms with E-state index in [-0.39, 0.29) is 29.2 Å². The molecule has 0 saturated heterocycles. The zero-order chi connectivity index (χ0) is 24.2. The Balaban J connectivity index is 1.84. The average molecular weight is 474 g/mol. The van der Waals surface area contributed by atoms with E-state index < -0.39 is 11.7 Å². The minimum absolute atomic E-state index is 0.0112. The van der Waals surface area contributed by atoms with Crippen molar-refractivity contribution in [2.45, 2.75) is 82.8 Å². The Hall–Kier alpha value is -2.67. The van der Waals surface area contributed by atoms with Crippen LogP contribution in [0.4, 0.5) is 4.79 Å². The number of hydrogen-bond acceptors (Lipinski definition) is 5. The van der Waals surface area contributed by atoms with E-state index >= 15 is 0 Å². The van der Waals surface area contributed by atoms with Crippen molar-refractivity contribution in [3.63, 3.8) is 0 Å². The van der Waals surface area contributed by atoms with Gasteiger partial charge in [0.15, 0.2) is 0 Å². The smallest absolute Gasteiger partial charge is 0.405 e. The van der Waals surface area contributed by atoms with E-state index in [0.717, 1.165) is 37.7 Å². The summed E-state index contributed by atoms with van der Waals surface area (Å²) in [7, 11) is 0. The van der Waals surface area contributed by atoms with Crippen LogP contribution >= 0.6 is 11.6 Å². The Bertz CT molecular complexity index is 1070. The highest BCUT2D eigenvalue weighted by Gasteiger charge is 2.39. The predicted octanol–water partition coefficient (Wildman–Crippen LogP) is 4.74. The van der Waals surface area contributed by atoms with Gasteiger partial charge in [0.25, 0.3) is 5.56 Å². The first-order valence-electron chi connectivity index (χ1n) is 11.3. The molecule has 0 atom stereocenters. The number of amides is 1. The third-order valence-electron chi connectivity index (χ3n) is 6.59. The predicted molar refractivity (Wildman–Crippen MR) is 127 cm³/mol. The molecular formula is C25H32ClN3O4. The van der Waals surface area contributed by atoms with Crippen LogP contribution in [0.1, 0.15) is 76.6 Å². The van der Waals surface area contributed by atoms with E-state index in [1.54, 1.807) is 10.7 Å². The number of hydrogen-bond donors (Lipinski definition) is 1. The molecule has 1 heterocycles. The molecule has 3 rings (SSSR count). The number of aromatic nitrogens is 2. The molecule has 1 amide bonds. The first-order chi connectivity index (χ1) is 15.5. The normalized spacial score (nSPS) is 20.9. The van der Waals surface area contributed by atoms with Crippen molar-refractivity contribution < 1.29 is 14.3 Å². The molecule has 1 aromatic heterocycles. The van der Waals surface area contributed by atoms with Gasteiger partial charge in [-0.15, -0.1) is 0 Å². The monoisotopic (exact) mass is 473 g/mol. The number of nitrogens with two attached hydrogens (primary N) is 1. The van der Waals surface area contributed by atoms with Crippen molar-refractivity contribution in [3.05, 3.63) is 63.0 Å². The summed E-state index contributed by atoms with van der Waals surface area (Å²) in [4.78, 5) is 35.3. The fraction of sp³-hybridized carbons (Fsp3) is 0.520. The molecule has 1 saturated carbocycles. The summed E-state index contributed by atoms with van der Waals surface area (Å²) in [5, 5.41) is 5.16. The van der Waals surface area contributed by atoms with Crippen LogP contribution in [-0.2, 0) is 21.4 Å². The lowest BCUT2D eigenvalue weighted by Crippen LogP contribution is -2.39. The van der Waals surface area contributed by atoms with Gasteiger partial charge in [0.05, 0.1) is 18.2 Å². The molecule has 1 fully saturated rings. The van der Waals surface area contributed by atoms with Crippen molar-refractivity contribution in [2.75, 3.05) is 0 Å². The topological polar surface area (TPSA) is 104 Å². The van der Waals surface area contributed by atoms with Gasteiger partial charge in [-0.25, -0.2) is 9.48 Å². The number of nitrogens with zero attached hydrogens (tertiary/aromatic N) is 2. The highest BCUT2D eigenvalue weighted by molar-refractivity contribution is 6.30. The third-order valence-corrected chi connectivity index (χ3v) is 6.82. The molecule has 33 heavy (non-hydrogen) atoms. The van der Waals surface area contributed by atoms with Gasteiger partial charge >= 0.3 is 6.09 Å². The number of primary amides is 1. The van der Waals surface area contributed by atoms with Crippen LogP contribution in [-0.4, -0.2) is 27.3 Å². The zero-order valence-corrected chi connectivity index (χ0v) is 20.2. The number of carbonyl (C=O) groups excluding carboxylic acids is 2. The Morgan fingerprint density at radius 1 is 1.24 bits per heavy atom. The number of ether oxygens (including phenoxy) is 1. The van der Waals surface area contributed by atoms with Gasteiger partial charge in [-0.05, 0) is 88.5 Å². The van der Waals surface area contributed by atoms with E-state index in [0.29, 0.717) is 17.1 Å². The summed E-state index contributed by atoms with van der Waals surface area (Å²) in [6.07, 6.45) is 4.04. The summed E-state index contributed by atoms with van der Waals surface area (Å²) in [5.74, 6) is 0.0112. The number of Topliss-reactive ketones (excluding diaryl/α,β-unsaturated/α-hetero) is 1. The first kappa shape index (κ1) is 25.0. The number of rotatable bonds is 8. The van der Waals surface area contributed by atoms with Crippen LogP contribution in [0.25, 0.3) is 0 Å². The second-order valence-electron chi connectivity index (χ2n) is 9.69. The molecule has 1 aromatic carbocycles. The highest BCUT2D eigenvalue weighted by Crippen LogP contribution is 2.47. The lowest BCUT2D eigenvalue weighted by atomic mass is 9.65. The molecule has 178 valence electrons. The standard InChI is InChI=1S/C25H32ClN3O4/c1-17(30)15-20-7-8-22(31)29(28-20)21-9-11-25(12-10-21,18-5-4-6-19(26)16-18)14-13-24(2,3)33-23(27)32/h4-8,16,21H,9-15H2,1-3H3,(H2,27,32). The molecular weight excluding hydrogens is 442 g/mol. The van der Waals surface area contributed by atoms with Gasteiger partial charge in [0.1, 0.15) is 11.4 Å². The van der Waals surface area contributed by atoms with Crippen molar-refractivity contribution in [1.82, 2.24) is 9.78 Å². The summed E-state index contributed by atoms with van der Waals surface area (Å²) in [6.45, 7) is 5.23. The fourth-order valence-corrected chi connectivity index (χ4v) is 5.03. The SMILES string of the molecule is CC(=O)Cc1ccc(=O)n(C2CCC(CCC(C)(C)OC(N)=O)(c3cccc(Cl)c3)CC2)n1. The summed E-state index contributed by atoms with van der Waals surface area (Å²) >= 11 is 6.32. The molecule has 0 radical (unpaired) electrons. The van der Waals surface area contributed by atoms with E-state index in [1.165, 1.54) is 13.0 Å². The maximum absolute atomic E-state index is 12.5. The van der Waals surface area contributed by atoms with Gasteiger partial charge in [0.2, 0.25) is 0 Å². The first-order valence-corrected chi connectivity index (χ1v) is 11.7. The lowest BCUT2D eigenvalue weighted by molar-refractivity contribution is -0.116. The zero-order valence-electron chi connectivity index (χ0n) is 19.5. The number of ketones is 1. The third kappa shape index (κ3) is 6.44. The maximum Gasteiger partial charge on any atom is 0.405 e. The molecule has 0 aliphatic heterocycles. The molecule has 7 nitrogen and oxygen atoms in total. The minimum atomic E-state index is -0.781. The van der Waals surface area contributed by atoms with Crippen LogP contribution in [0, 0.1) is 0 Å². The van der Waals surface area contributed by atoms with Gasteiger partial charge in [-0.1, -0.05) is 23.7 Å². The van der Waals surface area contributed by atoms with Gasteiger partial charge in [0, 0.05) is 11.1 Å². The van der Waals surface area contributed by atoms with Crippen molar-refractivity contribution in [2.24, 2.45) is 5.73 Å². The lowest BCUT2D eigenvalue weighted by Gasteiger charge is -2.42. The Morgan fingerprint density at radius 2 is 1.94 bits per heavy atom. The summed E-state index contributed by atoms with van der Waals surface area (Å²) in [5.41, 5.74) is 6.00.